The van der Waals surface area contributed by atoms with Crippen molar-refractivity contribution in [3.05, 3.63) is 77.4 Å². The summed E-state index contributed by atoms with van der Waals surface area (Å²) in [4.78, 5) is 13.6. The zero-order valence-corrected chi connectivity index (χ0v) is 14.5. The summed E-state index contributed by atoms with van der Waals surface area (Å²) in [7, 11) is 0. The topological polar surface area (TPSA) is 70.9 Å². The zero-order valence-electron chi connectivity index (χ0n) is 13.7. The Balaban J connectivity index is 1.60. The maximum Gasteiger partial charge on any atom is 0.180 e. The Bertz CT molecular complexity index is 1070. The van der Waals surface area contributed by atoms with Crippen LogP contribution in [0.3, 0.4) is 0 Å². The first-order valence-corrected chi connectivity index (χ1v) is 8.47. The van der Waals surface area contributed by atoms with E-state index in [2.05, 4.69) is 20.3 Å². The van der Waals surface area contributed by atoms with Gasteiger partial charge in [-0.3, -0.25) is 4.98 Å². The summed E-state index contributed by atoms with van der Waals surface area (Å²) in [6, 6.07) is 18.3. The number of anilines is 1. The number of pyridine rings is 1. The van der Waals surface area contributed by atoms with Gasteiger partial charge in [0, 0.05) is 17.1 Å². The third-order valence-electron chi connectivity index (χ3n) is 3.93. The maximum absolute atomic E-state index is 9.42. The molecule has 0 bridgehead atoms. The number of rotatable bonds is 4. The lowest BCUT2D eigenvalue weighted by Gasteiger charge is -2.07. The second-order valence-corrected chi connectivity index (χ2v) is 6.26. The van der Waals surface area contributed by atoms with Crippen LogP contribution in [0.4, 0.5) is 5.82 Å². The molecule has 5 nitrogen and oxygen atoms in total. The van der Waals surface area contributed by atoms with E-state index in [1.807, 2.05) is 36.4 Å². The number of phenolic OH excluding ortho intramolecular Hbond substituents is 1. The number of halogens is 1. The quantitative estimate of drug-likeness (QED) is 0.552. The van der Waals surface area contributed by atoms with Gasteiger partial charge < -0.3 is 10.4 Å². The number of benzene rings is 2. The molecule has 0 saturated carbocycles. The summed E-state index contributed by atoms with van der Waals surface area (Å²) in [5.41, 5.74) is 3.93. The van der Waals surface area contributed by atoms with Gasteiger partial charge in [0.15, 0.2) is 5.65 Å². The van der Waals surface area contributed by atoms with E-state index in [9.17, 15) is 5.11 Å². The molecular weight excluding hydrogens is 348 g/mol. The molecule has 2 aromatic carbocycles. The van der Waals surface area contributed by atoms with Crippen LogP contribution in [-0.2, 0) is 6.54 Å². The first-order valence-electron chi connectivity index (χ1n) is 8.09. The van der Waals surface area contributed by atoms with E-state index in [0.29, 0.717) is 22.9 Å². The van der Waals surface area contributed by atoms with Crippen LogP contribution in [0.25, 0.3) is 22.4 Å². The number of nitrogens with one attached hydrogen (secondary N) is 1. The van der Waals surface area contributed by atoms with Crippen LogP contribution in [-0.4, -0.2) is 20.1 Å². The highest BCUT2D eigenvalue weighted by Gasteiger charge is 2.05. The van der Waals surface area contributed by atoms with Gasteiger partial charge in [0.2, 0.25) is 0 Å². The highest BCUT2D eigenvalue weighted by atomic mass is 35.5. The standard InChI is InChI=1S/C20H15ClN4O/c21-15-3-1-2-13(10-15)11-23-19-9-8-17-20(25-19)24-18(12-22-17)14-4-6-16(26)7-5-14/h1-10,12,26H,11H2,(H,23,24,25). The first-order chi connectivity index (χ1) is 12.7. The van der Waals surface area contributed by atoms with Crippen LogP contribution in [0.2, 0.25) is 5.02 Å². The van der Waals surface area contributed by atoms with Crippen molar-refractivity contribution in [2.24, 2.45) is 0 Å². The van der Waals surface area contributed by atoms with E-state index in [4.69, 9.17) is 11.6 Å². The summed E-state index contributed by atoms with van der Waals surface area (Å²) in [5.74, 6) is 0.933. The molecule has 2 aromatic heterocycles. The van der Waals surface area contributed by atoms with Crippen molar-refractivity contribution in [2.75, 3.05) is 5.32 Å². The Morgan fingerprint density at radius 3 is 2.62 bits per heavy atom. The number of phenols is 1. The van der Waals surface area contributed by atoms with Crippen molar-refractivity contribution in [2.45, 2.75) is 6.54 Å². The average molecular weight is 363 g/mol. The third-order valence-corrected chi connectivity index (χ3v) is 4.17. The molecule has 0 unspecified atom stereocenters. The van der Waals surface area contributed by atoms with Crippen molar-refractivity contribution >= 4 is 28.6 Å². The van der Waals surface area contributed by atoms with Crippen LogP contribution in [0.1, 0.15) is 5.56 Å². The summed E-state index contributed by atoms with van der Waals surface area (Å²) < 4.78 is 0. The van der Waals surface area contributed by atoms with Gasteiger partial charge in [-0.1, -0.05) is 23.7 Å². The minimum absolute atomic E-state index is 0.216. The Labute approximate surface area is 155 Å². The Hall–Kier alpha value is -3.18. The predicted octanol–water partition coefficient (Wildman–Crippen LogP) is 4.66. The van der Waals surface area contributed by atoms with Gasteiger partial charge in [0.25, 0.3) is 0 Å². The van der Waals surface area contributed by atoms with Crippen molar-refractivity contribution in [1.29, 1.82) is 0 Å². The number of aromatic nitrogens is 3. The summed E-state index contributed by atoms with van der Waals surface area (Å²) in [5, 5.41) is 13.4. The second kappa shape index (κ2) is 6.98. The molecule has 0 aliphatic carbocycles. The molecule has 0 aliphatic heterocycles. The number of hydrogen-bond acceptors (Lipinski definition) is 5. The fourth-order valence-electron chi connectivity index (χ4n) is 2.61. The van der Waals surface area contributed by atoms with Crippen molar-refractivity contribution in [3.8, 4) is 17.0 Å². The molecule has 0 atom stereocenters. The van der Waals surface area contributed by atoms with Gasteiger partial charge in [0.1, 0.15) is 17.1 Å². The normalized spacial score (nSPS) is 10.8. The molecule has 0 spiro atoms. The molecule has 0 saturated heterocycles. The molecule has 2 N–H and O–H groups in total. The van der Waals surface area contributed by atoms with E-state index < -0.39 is 0 Å². The third kappa shape index (κ3) is 3.58. The minimum Gasteiger partial charge on any atom is -0.508 e. The maximum atomic E-state index is 9.42. The molecule has 2 heterocycles. The van der Waals surface area contributed by atoms with E-state index >= 15 is 0 Å². The molecule has 4 rings (SSSR count). The highest BCUT2D eigenvalue weighted by Crippen LogP contribution is 2.22. The van der Waals surface area contributed by atoms with E-state index in [0.717, 1.165) is 22.5 Å². The van der Waals surface area contributed by atoms with E-state index in [1.165, 1.54) is 0 Å². The molecule has 0 fully saturated rings. The molecule has 0 aliphatic rings. The monoisotopic (exact) mass is 362 g/mol. The minimum atomic E-state index is 0.216. The van der Waals surface area contributed by atoms with Crippen LogP contribution in [0.5, 0.6) is 5.75 Å². The fourth-order valence-corrected chi connectivity index (χ4v) is 2.82. The van der Waals surface area contributed by atoms with Crippen molar-refractivity contribution < 1.29 is 5.11 Å². The van der Waals surface area contributed by atoms with E-state index in [-0.39, 0.29) is 5.75 Å². The lowest BCUT2D eigenvalue weighted by Crippen LogP contribution is -2.02. The second-order valence-electron chi connectivity index (χ2n) is 5.82. The summed E-state index contributed by atoms with van der Waals surface area (Å²) in [6.07, 6.45) is 1.70. The molecule has 6 heteroatoms. The molecule has 26 heavy (non-hydrogen) atoms. The molecule has 0 radical (unpaired) electrons. The molecule has 4 aromatic rings. The fraction of sp³-hybridized carbons (Fsp3) is 0.0500. The van der Waals surface area contributed by atoms with Crippen LogP contribution in [0, 0.1) is 0 Å². The molecule has 0 amide bonds. The highest BCUT2D eigenvalue weighted by molar-refractivity contribution is 6.30. The van der Waals surface area contributed by atoms with Crippen LogP contribution < -0.4 is 5.32 Å². The Morgan fingerprint density at radius 2 is 1.81 bits per heavy atom. The van der Waals surface area contributed by atoms with Gasteiger partial charge in [-0.25, -0.2) is 9.97 Å². The average Bonchev–Trinajstić information content (AvgIpc) is 2.66. The van der Waals surface area contributed by atoms with Crippen molar-refractivity contribution in [1.82, 2.24) is 15.0 Å². The van der Waals surface area contributed by atoms with Gasteiger partial charge >= 0.3 is 0 Å². The lowest BCUT2D eigenvalue weighted by atomic mass is 10.1. The van der Waals surface area contributed by atoms with Crippen LogP contribution in [0.15, 0.2) is 66.9 Å². The van der Waals surface area contributed by atoms with Gasteiger partial charge in [-0.2, -0.15) is 0 Å². The van der Waals surface area contributed by atoms with Crippen LogP contribution >= 0.6 is 11.6 Å². The predicted molar refractivity (Wildman–Crippen MR) is 103 cm³/mol. The number of nitrogens with zero attached hydrogens (tertiary/aromatic N) is 3. The molecular formula is C20H15ClN4O. The molecule has 128 valence electrons. The van der Waals surface area contributed by atoms with Gasteiger partial charge in [-0.15, -0.1) is 0 Å². The largest absolute Gasteiger partial charge is 0.508 e. The lowest BCUT2D eigenvalue weighted by molar-refractivity contribution is 0.475. The zero-order chi connectivity index (χ0) is 17.9. The number of fused-ring (bicyclic) bond motifs is 1. The number of hydrogen-bond donors (Lipinski definition) is 2. The van der Waals surface area contributed by atoms with Gasteiger partial charge in [-0.05, 0) is 54.1 Å². The smallest absolute Gasteiger partial charge is 0.180 e. The number of aromatic hydroxyl groups is 1. The summed E-state index contributed by atoms with van der Waals surface area (Å²) >= 11 is 6.01. The summed E-state index contributed by atoms with van der Waals surface area (Å²) in [6.45, 7) is 0.615. The van der Waals surface area contributed by atoms with Crippen molar-refractivity contribution in [3.63, 3.8) is 0 Å². The Kier molecular flexibility index (Phi) is 4.37. The van der Waals surface area contributed by atoms with E-state index in [1.54, 1.807) is 30.5 Å². The SMILES string of the molecule is Oc1ccc(-c2cnc3ccc(NCc4cccc(Cl)c4)nc3n2)cc1. The Morgan fingerprint density at radius 1 is 0.962 bits per heavy atom. The first kappa shape index (κ1) is 16.3. The van der Waals surface area contributed by atoms with Gasteiger partial charge in [0.05, 0.1) is 11.9 Å².